The van der Waals surface area contributed by atoms with E-state index in [-0.39, 0.29) is 11.6 Å². The second-order valence-electron chi connectivity index (χ2n) is 3.88. The third kappa shape index (κ3) is 3.66. The topological polar surface area (TPSA) is 72.2 Å². The van der Waals surface area contributed by atoms with E-state index in [0.29, 0.717) is 14.8 Å². The number of amides is 1. The molecule has 0 aliphatic heterocycles. The smallest absolute Gasteiger partial charge is 0.270 e. The van der Waals surface area contributed by atoms with Gasteiger partial charge in [-0.25, -0.2) is 0 Å². The molecule has 102 valence electrons. The molecule has 1 N–H and O–H groups in total. The lowest BCUT2D eigenvalue weighted by Crippen LogP contribution is -2.13. The lowest BCUT2D eigenvalue weighted by molar-refractivity contribution is -0.384. The van der Waals surface area contributed by atoms with Crippen LogP contribution in [0.25, 0.3) is 0 Å². The number of nitrogens with one attached hydrogen (secondary N) is 1. The molecule has 1 amide bonds. The van der Waals surface area contributed by atoms with Crippen molar-refractivity contribution in [2.45, 2.75) is 0 Å². The maximum absolute atomic E-state index is 12.2. The minimum atomic E-state index is -0.516. The van der Waals surface area contributed by atoms with Gasteiger partial charge in [0.25, 0.3) is 11.6 Å². The molecule has 0 heterocycles. The second-order valence-corrected chi connectivity index (χ2v) is 6.29. The molecular weight excluding hydrogens is 486 g/mol. The van der Waals surface area contributed by atoms with Gasteiger partial charge in [-0.3, -0.25) is 14.9 Å². The Balaban J connectivity index is 2.26. The second kappa shape index (κ2) is 6.48. The van der Waals surface area contributed by atoms with Gasteiger partial charge in [0.15, 0.2) is 0 Å². The maximum Gasteiger partial charge on any atom is 0.270 e. The van der Waals surface area contributed by atoms with Gasteiger partial charge in [0, 0.05) is 25.0 Å². The Morgan fingerprint density at radius 2 is 1.75 bits per heavy atom. The number of halogens is 2. The number of nitrogens with zero attached hydrogens (tertiary/aromatic N) is 1. The van der Waals surface area contributed by atoms with Crippen LogP contribution >= 0.6 is 45.2 Å². The quantitative estimate of drug-likeness (QED) is 0.398. The zero-order valence-corrected chi connectivity index (χ0v) is 14.3. The van der Waals surface area contributed by atoms with Crippen molar-refractivity contribution in [3.63, 3.8) is 0 Å². The predicted molar refractivity (Wildman–Crippen MR) is 92.9 cm³/mol. The van der Waals surface area contributed by atoms with Gasteiger partial charge < -0.3 is 5.32 Å². The summed E-state index contributed by atoms with van der Waals surface area (Å²) in [4.78, 5) is 22.4. The van der Waals surface area contributed by atoms with Gasteiger partial charge in [-0.05, 0) is 75.5 Å². The Bertz CT molecular complexity index is 672. The number of nitro benzene ring substituents is 1. The first-order chi connectivity index (χ1) is 9.47. The SMILES string of the molecule is O=C(Nc1ccc(I)cc1)c1cc([N+](=O)[O-])ccc1I. The van der Waals surface area contributed by atoms with Crippen LogP contribution in [-0.2, 0) is 0 Å². The number of carbonyl (C=O) groups is 1. The molecule has 20 heavy (non-hydrogen) atoms. The van der Waals surface area contributed by atoms with Crippen molar-refractivity contribution in [1.29, 1.82) is 0 Å². The molecule has 0 fully saturated rings. The van der Waals surface area contributed by atoms with Gasteiger partial charge in [0.2, 0.25) is 0 Å². The molecule has 2 aromatic carbocycles. The molecule has 0 aromatic heterocycles. The van der Waals surface area contributed by atoms with E-state index in [2.05, 4.69) is 27.9 Å². The van der Waals surface area contributed by atoms with Gasteiger partial charge in [-0.15, -0.1) is 0 Å². The zero-order chi connectivity index (χ0) is 14.7. The summed E-state index contributed by atoms with van der Waals surface area (Å²) in [5, 5.41) is 13.5. The highest BCUT2D eigenvalue weighted by molar-refractivity contribution is 14.1. The Kier molecular flexibility index (Phi) is 4.91. The molecule has 0 saturated carbocycles. The minimum absolute atomic E-state index is 0.0989. The first-order valence-electron chi connectivity index (χ1n) is 5.48. The molecule has 0 atom stereocenters. The third-order valence-electron chi connectivity index (χ3n) is 2.51. The van der Waals surface area contributed by atoms with E-state index in [0.717, 1.165) is 3.57 Å². The van der Waals surface area contributed by atoms with Crippen molar-refractivity contribution in [3.05, 3.63) is 65.3 Å². The lowest BCUT2D eigenvalue weighted by atomic mass is 10.2. The molecule has 5 nitrogen and oxygen atoms in total. The fourth-order valence-electron chi connectivity index (χ4n) is 1.53. The minimum Gasteiger partial charge on any atom is -0.322 e. The standard InChI is InChI=1S/C13H8I2N2O3/c14-8-1-3-9(4-2-8)16-13(18)11-7-10(17(19)20)5-6-12(11)15/h1-7H,(H,16,18). The average molecular weight is 494 g/mol. The van der Waals surface area contributed by atoms with E-state index in [1.165, 1.54) is 12.1 Å². The summed E-state index contributed by atoms with van der Waals surface area (Å²) in [5.41, 5.74) is 0.842. The fraction of sp³-hybridized carbons (Fsp3) is 0. The molecule has 2 rings (SSSR count). The zero-order valence-electron chi connectivity index (χ0n) is 9.97. The fourth-order valence-corrected chi connectivity index (χ4v) is 2.47. The van der Waals surface area contributed by atoms with Crippen LogP contribution in [0.5, 0.6) is 0 Å². The molecule has 0 bridgehead atoms. The van der Waals surface area contributed by atoms with Gasteiger partial charge in [0.1, 0.15) is 0 Å². The monoisotopic (exact) mass is 494 g/mol. The Morgan fingerprint density at radius 3 is 2.35 bits per heavy atom. The van der Waals surface area contributed by atoms with Crippen LogP contribution in [0.15, 0.2) is 42.5 Å². The number of hydrogen-bond acceptors (Lipinski definition) is 3. The van der Waals surface area contributed by atoms with Crippen molar-refractivity contribution in [3.8, 4) is 0 Å². The molecule has 0 saturated heterocycles. The summed E-state index contributed by atoms with van der Waals surface area (Å²) >= 11 is 4.15. The lowest BCUT2D eigenvalue weighted by Gasteiger charge is -2.07. The number of rotatable bonds is 3. The van der Waals surface area contributed by atoms with E-state index in [4.69, 9.17) is 0 Å². The van der Waals surface area contributed by atoms with Crippen LogP contribution in [0.3, 0.4) is 0 Å². The summed E-state index contributed by atoms with van der Waals surface area (Å²) in [6, 6.07) is 11.5. The van der Waals surface area contributed by atoms with Crippen molar-refractivity contribution < 1.29 is 9.72 Å². The summed E-state index contributed by atoms with van der Waals surface area (Å²) in [6.07, 6.45) is 0. The van der Waals surface area contributed by atoms with Crippen molar-refractivity contribution in [1.82, 2.24) is 0 Å². The van der Waals surface area contributed by atoms with E-state index in [9.17, 15) is 14.9 Å². The number of nitro groups is 1. The van der Waals surface area contributed by atoms with Crippen LogP contribution in [0.2, 0.25) is 0 Å². The van der Waals surface area contributed by atoms with Gasteiger partial charge in [0.05, 0.1) is 10.5 Å². The summed E-state index contributed by atoms with van der Waals surface area (Å²) in [7, 11) is 0. The third-order valence-corrected chi connectivity index (χ3v) is 4.17. The van der Waals surface area contributed by atoms with Crippen LogP contribution in [0, 0.1) is 17.3 Å². The van der Waals surface area contributed by atoms with E-state index in [1.807, 2.05) is 34.7 Å². The highest BCUT2D eigenvalue weighted by Gasteiger charge is 2.15. The average Bonchev–Trinajstić information content (AvgIpc) is 2.41. The first kappa shape index (κ1) is 15.2. The summed E-state index contributed by atoms with van der Waals surface area (Å²) in [6.45, 7) is 0. The number of non-ortho nitro benzene ring substituents is 1. The van der Waals surface area contributed by atoms with E-state index < -0.39 is 4.92 Å². The molecular formula is C13H8I2N2O3. The van der Waals surface area contributed by atoms with Gasteiger partial charge >= 0.3 is 0 Å². The number of anilines is 1. The first-order valence-corrected chi connectivity index (χ1v) is 7.64. The Labute approximate surface area is 142 Å². The molecule has 0 aliphatic rings. The Morgan fingerprint density at radius 1 is 1.10 bits per heavy atom. The number of hydrogen-bond donors (Lipinski definition) is 1. The van der Waals surface area contributed by atoms with Crippen molar-refractivity contribution in [2.75, 3.05) is 5.32 Å². The summed E-state index contributed by atoms with van der Waals surface area (Å²) in [5.74, 6) is -0.362. The van der Waals surface area contributed by atoms with Crippen LogP contribution in [0.4, 0.5) is 11.4 Å². The highest BCUT2D eigenvalue weighted by atomic mass is 127. The largest absolute Gasteiger partial charge is 0.322 e. The predicted octanol–water partition coefficient (Wildman–Crippen LogP) is 4.06. The number of benzene rings is 2. The van der Waals surface area contributed by atoms with E-state index >= 15 is 0 Å². The van der Waals surface area contributed by atoms with Crippen LogP contribution in [-0.4, -0.2) is 10.8 Å². The molecule has 0 unspecified atom stereocenters. The highest BCUT2D eigenvalue weighted by Crippen LogP contribution is 2.21. The van der Waals surface area contributed by atoms with E-state index in [1.54, 1.807) is 18.2 Å². The van der Waals surface area contributed by atoms with Crippen LogP contribution in [0.1, 0.15) is 10.4 Å². The number of carbonyl (C=O) groups excluding carboxylic acids is 1. The molecule has 7 heteroatoms. The molecule has 0 aliphatic carbocycles. The molecule has 0 spiro atoms. The van der Waals surface area contributed by atoms with Gasteiger partial charge in [-0.1, -0.05) is 0 Å². The normalized spacial score (nSPS) is 10.1. The van der Waals surface area contributed by atoms with Crippen molar-refractivity contribution >= 4 is 62.5 Å². The molecule has 2 aromatic rings. The van der Waals surface area contributed by atoms with Crippen LogP contribution < -0.4 is 5.32 Å². The summed E-state index contributed by atoms with van der Waals surface area (Å²) < 4.78 is 1.72. The maximum atomic E-state index is 12.2. The van der Waals surface area contributed by atoms with Crippen molar-refractivity contribution in [2.24, 2.45) is 0 Å². The van der Waals surface area contributed by atoms with Gasteiger partial charge in [-0.2, -0.15) is 0 Å². The molecule has 0 radical (unpaired) electrons. The Hall–Kier alpha value is -1.23.